The fraction of sp³-hybridized carbons (Fsp3) is 0.125. The Morgan fingerprint density at radius 1 is 1.60 bits per heavy atom. The van der Waals surface area contributed by atoms with Gasteiger partial charge in [-0.2, -0.15) is 5.26 Å². The Bertz CT molecular complexity index is 502. The SMILES string of the molecule is N#Cc1c(C(=O)O)[nH]c(C(F)F)cc1=O. The molecule has 1 rings (SSSR count). The van der Waals surface area contributed by atoms with E-state index in [1.165, 1.54) is 6.07 Å². The van der Waals surface area contributed by atoms with E-state index in [4.69, 9.17) is 10.4 Å². The summed E-state index contributed by atoms with van der Waals surface area (Å²) in [4.78, 5) is 23.4. The van der Waals surface area contributed by atoms with E-state index >= 15 is 0 Å². The minimum atomic E-state index is -3.00. The molecular formula is C8H4F2N2O3. The average molecular weight is 214 g/mol. The van der Waals surface area contributed by atoms with Crippen LogP contribution in [0.1, 0.15) is 28.2 Å². The number of carboxylic acids is 1. The summed E-state index contributed by atoms with van der Waals surface area (Å²) in [5.74, 6) is -1.63. The number of rotatable bonds is 2. The van der Waals surface area contributed by atoms with Gasteiger partial charge in [0.15, 0.2) is 0 Å². The number of nitrogens with zero attached hydrogens (tertiary/aromatic N) is 1. The van der Waals surface area contributed by atoms with Crippen molar-refractivity contribution in [1.29, 1.82) is 5.26 Å². The van der Waals surface area contributed by atoms with Gasteiger partial charge in [0.2, 0.25) is 5.43 Å². The minimum absolute atomic E-state index is 0.510. The van der Waals surface area contributed by atoms with Gasteiger partial charge in [0, 0.05) is 6.07 Å². The van der Waals surface area contributed by atoms with E-state index in [0.29, 0.717) is 6.07 Å². The zero-order valence-corrected chi connectivity index (χ0v) is 7.12. The highest BCUT2D eigenvalue weighted by Gasteiger charge is 2.18. The number of nitrogens with one attached hydrogen (secondary N) is 1. The number of aromatic carboxylic acids is 1. The maximum Gasteiger partial charge on any atom is 0.353 e. The van der Waals surface area contributed by atoms with Crippen molar-refractivity contribution in [3.63, 3.8) is 0 Å². The van der Waals surface area contributed by atoms with Crippen LogP contribution in [0.2, 0.25) is 0 Å². The second-order valence-corrected chi connectivity index (χ2v) is 2.56. The molecule has 0 amide bonds. The smallest absolute Gasteiger partial charge is 0.353 e. The lowest BCUT2D eigenvalue weighted by atomic mass is 10.2. The lowest BCUT2D eigenvalue weighted by Gasteiger charge is -2.02. The number of alkyl halides is 2. The summed E-state index contributed by atoms with van der Waals surface area (Å²) in [5.41, 5.74) is -3.37. The topological polar surface area (TPSA) is 93.9 Å². The van der Waals surface area contributed by atoms with E-state index < -0.39 is 34.8 Å². The Kier molecular flexibility index (Phi) is 2.80. The van der Waals surface area contributed by atoms with Crippen LogP contribution in [-0.2, 0) is 0 Å². The quantitative estimate of drug-likeness (QED) is 0.764. The van der Waals surface area contributed by atoms with E-state index in [-0.39, 0.29) is 0 Å². The molecule has 15 heavy (non-hydrogen) atoms. The first-order valence-corrected chi connectivity index (χ1v) is 3.66. The number of halogens is 2. The molecule has 0 aliphatic heterocycles. The van der Waals surface area contributed by atoms with Crippen molar-refractivity contribution in [1.82, 2.24) is 4.98 Å². The van der Waals surface area contributed by atoms with Crippen LogP contribution in [0.15, 0.2) is 10.9 Å². The number of carbonyl (C=O) groups is 1. The number of aromatic amines is 1. The molecule has 0 fully saturated rings. The predicted molar refractivity (Wildman–Crippen MR) is 43.7 cm³/mol. The van der Waals surface area contributed by atoms with Crippen molar-refractivity contribution < 1.29 is 18.7 Å². The van der Waals surface area contributed by atoms with Crippen molar-refractivity contribution in [2.75, 3.05) is 0 Å². The van der Waals surface area contributed by atoms with E-state index in [1.807, 2.05) is 4.98 Å². The van der Waals surface area contributed by atoms with Crippen molar-refractivity contribution >= 4 is 5.97 Å². The van der Waals surface area contributed by atoms with Gasteiger partial charge >= 0.3 is 5.97 Å². The van der Waals surface area contributed by atoms with Crippen molar-refractivity contribution in [3.05, 3.63) is 33.2 Å². The number of pyridine rings is 1. The van der Waals surface area contributed by atoms with Crippen molar-refractivity contribution in [2.24, 2.45) is 0 Å². The lowest BCUT2D eigenvalue weighted by Crippen LogP contribution is -2.17. The first-order valence-electron chi connectivity index (χ1n) is 3.66. The van der Waals surface area contributed by atoms with E-state index in [1.54, 1.807) is 0 Å². The van der Waals surface area contributed by atoms with Crippen LogP contribution >= 0.6 is 0 Å². The van der Waals surface area contributed by atoms with E-state index in [2.05, 4.69) is 0 Å². The molecule has 78 valence electrons. The molecule has 0 aliphatic rings. The number of hydrogen-bond acceptors (Lipinski definition) is 3. The molecule has 1 heterocycles. The van der Waals surface area contributed by atoms with Gasteiger partial charge in [-0.25, -0.2) is 13.6 Å². The summed E-state index contributed by atoms with van der Waals surface area (Å²) in [6.07, 6.45) is -3.00. The van der Waals surface area contributed by atoms with Crippen LogP contribution in [0.4, 0.5) is 8.78 Å². The molecule has 0 bridgehead atoms. The largest absolute Gasteiger partial charge is 0.477 e. The molecule has 5 nitrogen and oxygen atoms in total. The highest BCUT2D eigenvalue weighted by molar-refractivity contribution is 5.88. The molecule has 7 heteroatoms. The lowest BCUT2D eigenvalue weighted by molar-refractivity contribution is 0.0688. The van der Waals surface area contributed by atoms with Gasteiger partial charge in [-0.15, -0.1) is 0 Å². The summed E-state index contributed by atoms with van der Waals surface area (Å²) in [5, 5.41) is 17.0. The first-order chi connectivity index (χ1) is 6.97. The Morgan fingerprint density at radius 3 is 2.60 bits per heavy atom. The van der Waals surface area contributed by atoms with Crippen LogP contribution < -0.4 is 5.43 Å². The molecule has 0 saturated heterocycles. The molecule has 0 saturated carbocycles. The van der Waals surface area contributed by atoms with Crippen LogP contribution in [0.25, 0.3) is 0 Å². The Labute approximate surface area is 81.6 Å². The molecule has 0 aliphatic carbocycles. The Hall–Kier alpha value is -2.23. The van der Waals surface area contributed by atoms with Gasteiger partial charge in [-0.1, -0.05) is 0 Å². The van der Waals surface area contributed by atoms with Gasteiger partial charge in [0.05, 0.1) is 5.69 Å². The maximum atomic E-state index is 12.2. The summed E-state index contributed by atoms with van der Waals surface area (Å²) >= 11 is 0. The first kappa shape index (κ1) is 10.8. The van der Waals surface area contributed by atoms with Crippen molar-refractivity contribution in [3.8, 4) is 6.07 Å². The molecule has 0 aromatic carbocycles. The summed E-state index contributed by atoms with van der Waals surface area (Å²) < 4.78 is 24.4. The molecule has 1 aromatic heterocycles. The maximum absolute atomic E-state index is 12.2. The minimum Gasteiger partial charge on any atom is -0.477 e. The molecule has 1 aromatic rings. The fourth-order valence-corrected chi connectivity index (χ4v) is 0.968. The highest BCUT2D eigenvalue weighted by Crippen LogP contribution is 2.15. The molecule has 0 spiro atoms. The summed E-state index contributed by atoms with van der Waals surface area (Å²) in [6.45, 7) is 0. The fourth-order valence-electron chi connectivity index (χ4n) is 0.968. The number of aromatic nitrogens is 1. The second kappa shape index (κ2) is 3.88. The molecule has 0 radical (unpaired) electrons. The number of nitriles is 1. The molecule has 0 atom stereocenters. The molecule has 2 N–H and O–H groups in total. The van der Waals surface area contributed by atoms with Gasteiger partial charge in [-0.05, 0) is 0 Å². The standard InChI is InChI=1S/C8H4F2N2O3/c9-7(10)4-1-5(13)3(2-11)6(12-4)8(14)15/h1,7H,(H,12,13)(H,14,15). The van der Waals surface area contributed by atoms with Gasteiger partial charge < -0.3 is 10.1 Å². The summed E-state index contributed by atoms with van der Waals surface area (Å²) in [6, 6.07) is 1.85. The Morgan fingerprint density at radius 2 is 2.20 bits per heavy atom. The average Bonchev–Trinajstić information content (AvgIpc) is 2.16. The third kappa shape index (κ3) is 1.99. The third-order valence-electron chi connectivity index (χ3n) is 1.61. The van der Waals surface area contributed by atoms with Gasteiger partial charge in [0.25, 0.3) is 6.43 Å². The number of H-pyrrole nitrogens is 1. The Balaban J connectivity index is 3.55. The van der Waals surface area contributed by atoms with E-state index in [9.17, 15) is 18.4 Å². The molecule has 0 unspecified atom stereocenters. The normalized spacial score (nSPS) is 10.0. The van der Waals surface area contributed by atoms with Gasteiger partial charge in [-0.3, -0.25) is 4.79 Å². The van der Waals surface area contributed by atoms with Crippen LogP contribution in [0.3, 0.4) is 0 Å². The number of carboxylic acid groups (broad SMARTS) is 1. The molecular weight excluding hydrogens is 210 g/mol. The second-order valence-electron chi connectivity index (χ2n) is 2.56. The van der Waals surface area contributed by atoms with Crippen LogP contribution in [-0.4, -0.2) is 16.1 Å². The van der Waals surface area contributed by atoms with Crippen LogP contribution in [0.5, 0.6) is 0 Å². The van der Waals surface area contributed by atoms with Gasteiger partial charge in [0.1, 0.15) is 17.3 Å². The number of hydrogen-bond donors (Lipinski definition) is 2. The monoisotopic (exact) mass is 214 g/mol. The van der Waals surface area contributed by atoms with Crippen LogP contribution in [0, 0.1) is 11.3 Å². The zero-order valence-electron chi connectivity index (χ0n) is 7.12. The predicted octanol–water partition coefficient (Wildman–Crippen LogP) is 0.882. The zero-order chi connectivity index (χ0) is 11.6. The van der Waals surface area contributed by atoms with Crippen molar-refractivity contribution in [2.45, 2.75) is 6.43 Å². The summed E-state index contributed by atoms with van der Waals surface area (Å²) in [7, 11) is 0. The third-order valence-corrected chi connectivity index (χ3v) is 1.61. The highest BCUT2D eigenvalue weighted by atomic mass is 19.3. The van der Waals surface area contributed by atoms with E-state index in [0.717, 1.165) is 0 Å².